The Labute approximate surface area is 149 Å². The fraction of sp³-hybridized carbons (Fsp3) is 0.105. The molecule has 2 heterocycles. The molecule has 26 heavy (non-hydrogen) atoms. The van der Waals surface area contributed by atoms with Gasteiger partial charge >= 0.3 is 5.97 Å². The topological polar surface area (TPSA) is 84.7 Å². The highest BCUT2D eigenvalue weighted by molar-refractivity contribution is 6.07. The number of carbonyl (C=O) groups is 2. The van der Waals surface area contributed by atoms with Crippen molar-refractivity contribution < 1.29 is 19.4 Å². The van der Waals surface area contributed by atoms with Crippen LogP contribution in [0, 0.1) is 0 Å². The molecule has 7 nitrogen and oxygen atoms in total. The van der Waals surface area contributed by atoms with E-state index >= 15 is 0 Å². The van der Waals surface area contributed by atoms with Gasteiger partial charge in [0.2, 0.25) is 6.10 Å². The fourth-order valence-electron chi connectivity index (χ4n) is 2.89. The van der Waals surface area contributed by atoms with Crippen LogP contribution in [0.25, 0.3) is 5.69 Å². The van der Waals surface area contributed by atoms with E-state index in [0.717, 1.165) is 5.69 Å². The number of hydrogen-bond donors (Lipinski definition) is 1. The molecular weight excluding hydrogens is 334 g/mol. The summed E-state index contributed by atoms with van der Waals surface area (Å²) in [7, 11) is 0. The van der Waals surface area contributed by atoms with E-state index in [1.807, 2.05) is 12.3 Å². The summed E-state index contributed by atoms with van der Waals surface area (Å²) >= 11 is 0. The Morgan fingerprint density at radius 2 is 1.85 bits per heavy atom. The summed E-state index contributed by atoms with van der Waals surface area (Å²) in [5.74, 6) is -1.00. The van der Waals surface area contributed by atoms with Gasteiger partial charge in [0.15, 0.2) is 0 Å². The van der Waals surface area contributed by atoms with Crippen molar-refractivity contribution in [1.29, 1.82) is 0 Å². The molecule has 1 unspecified atom stereocenters. The molecule has 2 aromatic carbocycles. The lowest BCUT2D eigenvalue weighted by Crippen LogP contribution is -2.47. The number of hydrogen-bond acceptors (Lipinski definition) is 4. The van der Waals surface area contributed by atoms with Gasteiger partial charge in [-0.25, -0.2) is 9.48 Å². The number of nitrogens with zero attached hydrogens (tertiary/aromatic N) is 3. The molecule has 0 saturated heterocycles. The maximum absolute atomic E-state index is 13.0. The standard InChI is InChI=1S/C19H15N3O4/c23-18(13-6-8-14(9-7-13)22-11-3-10-20-22)21-12-17(19(24)25)26-16-5-2-1-4-15(16)21/h1-11,17H,12H2,(H,24,25). The van der Waals surface area contributed by atoms with Crippen LogP contribution in [0.15, 0.2) is 67.0 Å². The maximum Gasteiger partial charge on any atom is 0.346 e. The lowest BCUT2D eigenvalue weighted by molar-refractivity contribution is -0.144. The molecule has 1 atom stereocenters. The van der Waals surface area contributed by atoms with Gasteiger partial charge in [-0.05, 0) is 42.5 Å². The van der Waals surface area contributed by atoms with Crippen molar-refractivity contribution in [2.24, 2.45) is 0 Å². The number of benzene rings is 2. The van der Waals surface area contributed by atoms with Crippen LogP contribution in [0.3, 0.4) is 0 Å². The van der Waals surface area contributed by atoms with E-state index in [1.165, 1.54) is 4.90 Å². The zero-order valence-corrected chi connectivity index (χ0v) is 13.6. The quantitative estimate of drug-likeness (QED) is 0.785. The molecule has 1 aliphatic rings. The first-order valence-electron chi connectivity index (χ1n) is 8.04. The van der Waals surface area contributed by atoms with Gasteiger partial charge in [-0.3, -0.25) is 4.79 Å². The van der Waals surface area contributed by atoms with Crippen LogP contribution < -0.4 is 9.64 Å². The Morgan fingerprint density at radius 1 is 1.08 bits per heavy atom. The first kappa shape index (κ1) is 15.9. The molecule has 7 heteroatoms. The molecule has 1 aromatic heterocycles. The Balaban J connectivity index is 1.65. The van der Waals surface area contributed by atoms with Gasteiger partial charge in [0.05, 0.1) is 17.9 Å². The van der Waals surface area contributed by atoms with Crippen LogP contribution in [0.1, 0.15) is 10.4 Å². The third-order valence-corrected chi connectivity index (χ3v) is 4.18. The van der Waals surface area contributed by atoms with E-state index in [9.17, 15) is 14.7 Å². The molecule has 1 amide bonds. The molecule has 0 bridgehead atoms. The van der Waals surface area contributed by atoms with E-state index in [1.54, 1.807) is 59.4 Å². The molecule has 0 aliphatic carbocycles. The number of amides is 1. The summed E-state index contributed by atoms with van der Waals surface area (Å²) in [5.41, 5.74) is 1.85. The zero-order valence-electron chi connectivity index (χ0n) is 13.6. The van der Waals surface area contributed by atoms with Crippen molar-refractivity contribution in [2.45, 2.75) is 6.10 Å². The number of carboxylic acids is 1. The van der Waals surface area contributed by atoms with E-state index in [-0.39, 0.29) is 12.5 Å². The molecule has 3 aromatic rings. The minimum atomic E-state index is -1.11. The molecular formula is C19H15N3O4. The monoisotopic (exact) mass is 349 g/mol. The van der Waals surface area contributed by atoms with Crippen LogP contribution in [-0.4, -0.2) is 39.4 Å². The van der Waals surface area contributed by atoms with Crippen molar-refractivity contribution in [2.75, 3.05) is 11.4 Å². The van der Waals surface area contributed by atoms with Gasteiger partial charge in [-0.15, -0.1) is 0 Å². The fourth-order valence-corrected chi connectivity index (χ4v) is 2.89. The summed E-state index contributed by atoms with van der Waals surface area (Å²) in [6, 6.07) is 15.7. The number of carbonyl (C=O) groups excluding carboxylic acids is 1. The minimum Gasteiger partial charge on any atom is -0.478 e. The number of ether oxygens (including phenoxy) is 1. The van der Waals surface area contributed by atoms with Crippen molar-refractivity contribution in [3.05, 3.63) is 72.6 Å². The number of aliphatic carboxylic acids is 1. The summed E-state index contributed by atoms with van der Waals surface area (Å²) < 4.78 is 7.17. The normalized spacial score (nSPS) is 15.8. The first-order valence-corrected chi connectivity index (χ1v) is 8.04. The van der Waals surface area contributed by atoms with Gasteiger partial charge in [-0.1, -0.05) is 12.1 Å². The van der Waals surface area contributed by atoms with Gasteiger partial charge in [0.25, 0.3) is 5.91 Å². The zero-order chi connectivity index (χ0) is 18.1. The molecule has 0 spiro atoms. The highest BCUT2D eigenvalue weighted by Crippen LogP contribution is 2.34. The third kappa shape index (κ3) is 2.79. The van der Waals surface area contributed by atoms with Crippen molar-refractivity contribution in [1.82, 2.24) is 9.78 Å². The Kier molecular flexibility index (Phi) is 3.89. The summed E-state index contributed by atoms with van der Waals surface area (Å²) in [5, 5.41) is 13.5. The van der Waals surface area contributed by atoms with Crippen molar-refractivity contribution in [3.63, 3.8) is 0 Å². The largest absolute Gasteiger partial charge is 0.478 e. The van der Waals surface area contributed by atoms with E-state index in [2.05, 4.69) is 5.10 Å². The Morgan fingerprint density at radius 3 is 2.54 bits per heavy atom. The highest BCUT2D eigenvalue weighted by Gasteiger charge is 2.34. The number of carboxylic acid groups (broad SMARTS) is 1. The van der Waals surface area contributed by atoms with E-state index < -0.39 is 12.1 Å². The number of anilines is 1. The molecule has 0 saturated carbocycles. The SMILES string of the molecule is O=C(O)C1CN(C(=O)c2ccc(-n3cccn3)cc2)c2ccccc2O1. The second-order valence-electron chi connectivity index (χ2n) is 5.83. The molecule has 1 N–H and O–H groups in total. The lowest BCUT2D eigenvalue weighted by Gasteiger charge is -2.33. The van der Waals surface area contributed by atoms with Gasteiger partial charge in [-0.2, -0.15) is 5.10 Å². The summed E-state index contributed by atoms with van der Waals surface area (Å²) in [6.07, 6.45) is 2.39. The average molecular weight is 349 g/mol. The molecule has 4 rings (SSSR count). The second kappa shape index (κ2) is 6.36. The van der Waals surface area contributed by atoms with E-state index in [4.69, 9.17) is 4.74 Å². The summed E-state index contributed by atoms with van der Waals surface area (Å²) in [6.45, 7) is -0.0495. The molecule has 0 radical (unpaired) electrons. The van der Waals surface area contributed by atoms with Gasteiger partial charge in [0, 0.05) is 18.0 Å². The van der Waals surface area contributed by atoms with Crippen LogP contribution in [0.4, 0.5) is 5.69 Å². The molecule has 1 aliphatic heterocycles. The lowest BCUT2D eigenvalue weighted by atomic mass is 10.1. The maximum atomic E-state index is 13.0. The molecule has 130 valence electrons. The van der Waals surface area contributed by atoms with Crippen LogP contribution in [0.2, 0.25) is 0 Å². The number of fused-ring (bicyclic) bond motifs is 1. The van der Waals surface area contributed by atoms with Crippen LogP contribution in [0.5, 0.6) is 5.75 Å². The Hall–Kier alpha value is -3.61. The van der Waals surface area contributed by atoms with Gasteiger partial charge in [0.1, 0.15) is 5.75 Å². The van der Waals surface area contributed by atoms with Crippen LogP contribution in [-0.2, 0) is 4.79 Å². The summed E-state index contributed by atoms with van der Waals surface area (Å²) in [4.78, 5) is 25.8. The van der Waals surface area contributed by atoms with Gasteiger partial charge < -0.3 is 14.7 Å². The minimum absolute atomic E-state index is 0.0495. The third-order valence-electron chi connectivity index (χ3n) is 4.18. The van der Waals surface area contributed by atoms with Crippen LogP contribution >= 0.6 is 0 Å². The molecule has 0 fully saturated rings. The van der Waals surface area contributed by atoms with Crippen molar-refractivity contribution in [3.8, 4) is 11.4 Å². The predicted molar refractivity (Wildman–Crippen MR) is 93.7 cm³/mol. The first-order chi connectivity index (χ1) is 12.6. The number of rotatable bonds is 3. The van der Waals surface area contributed by atoms with Crippen molar-refractivity contribution >= 4 is 17.6 Å². The average Bonchev–Trinajstić information content (AvgIpc) is 3.21. The number of aromatic nitrogens is 2. The second-order valence-corrected chi connectivity index (χ2v) is 5.83. The smallest absolute Gasteiger partial charge is 0.346 e. The van der Waals surface area contributed by atoms with E-state index in [0.29, 0.717) is 17.0 Å². The Bertz CT molecular complexity index is 951. The number of para-hydroxylation sites is 2. The predicted octanol–water partition coefficient (Wildman–Crippen LogP) is 2.36. The highest BCUT2D eigenvalue weighted by atomic mass is 16.5.